The number of thioether (sulfide) groups is 1. The molecular formula is C22H20N4O7S. The zero-order valence-corrected chi connectivity index (χ0v) is 18.9. The smallest absolute Gasteiger partial charge is 0.294 e. The molecule has 0 unspecified atom stereocenters. The Morgan fingerprint density at radius 1 is 1.21 bits per heavy atom. The van der Waals surface area contributed by atoms with Gasteiger partial charge in [0.2, 0.25) is 11.8 Å². The summed E-state index contributed by atoms with van der Waals surface area (Å²) in [6.45, 7) is 1.03. The summed E-state index contributed by atoms with van der Waals surface area (Å²) in [6, 6.07) is 7.50. The second-order valence-electron chi connectivity index (χ2n) is 7.48. The van der Waals surface area contributed by atoms with Gasteiger partial charge < -0.3 is 14.4 Å². The van der Waals surface area contributed by atoms with E-state index in [9.17, 15) is 24.5 Å². The fourth-order valence-electron chi connectivity index (χ4n) is 3.50. The van der Waals surface area contributed by atoms with E-state index in [0.717, 1.165) is 35.7 Å². The van der Waals surface area contributed by atoms with Gasteiger partial charge in [-0.25, -0.2) is 4.98 Å². The van der Waals surface area contributed by atoms with Gasteiger partial charge in [-0.05, 0) is 48.4 Å². The van der Waals surface area contributed by atoms with Crippen LogP contribution in [-0.4, -0.2) is 63.5 Å². The molecule has 12 heteroatoms. The first-order chi connectivity index (χ1) is 16.4. The number of rotatable bonds is 7. The third-order valence-electron chi connectivity index (χ3n) is 5.26. The van der Waals surface area contributed by atoms with Gasteiger partial charge in [0.05, 0.1) is 16.9 Å². The van der Waals surface area contributed by atoms with Crippen molar-refractivity contribution in [3.8, 4) is 17.4 Å². The number of methoxy groups -OCH3 is 1. The fourth-order valence-corrected chi connectivity index (χ4v) is 4.34. The molecule has 0 aliphatic carbocycles. The predicted octanol–water partition coefficient (Wildman–Crippen LogP) is 3.45. The van der Waals surface area contributed by atoms with Crippen molar-refractivity contribution in [2.75, 3.05) is 26.7 Å². The monoisotopic (exact) mass is 484 g/mol. The van der Waals surface area contributed by atoms with Gasteiger partial charge in [0, 0.05) is 25.2 Å². The van der Waals surface area contributed by atoms with Gasteiger partial charge in [0.15, 0.2) is 11.5 Å². The Hall–Kier alpha value is -3.93. The summed E-state index contributed by atoms with van der Waals surface area (Å²) in [7, 11) is 1.44. The van der Waals surface area contributed by atoms with Crippen LogP contribution in [0.3, 0.4) is 0 Å². The molecule has 3 amide bonds. The van der Waals surface area contributed by atoms with Crippen LogP contribution in [-0.2, 0) is 9.59 Å². The van der Waals surface area contributed by atoms with Crippen LogP contribution in [0.1, 0.15) is 18.4 Å². The minimum Gasteiger partial charge on any atom is -0.493 e. The molecule has 2 aliphatic rings. The average molecular weight is 484 g/mol. The number of ether oxygens (including phenoxy) is 2. The van der Waals surface area contributed by atoms with Gasteiger partial charge in [0.25, 0.3) is 16.8 Å². The minimum absolute atomic E-state index is 0.139. The summed E-state index contributed by atoms with van der Waals surface area (Å²) >= 11 is 0.776. The van der Waals surface area contributed by atoms with Gasteiger partial charge in [0.1, 0.15) is 12.7 Å². The summed E-state index contributed by atoms with van der Waals surface area (Å²) in [4.78, 5) is 54.4. The van der Waals surface area contributed by atoms with Gasteiger partial charge in [-0.1, -0.05) is 6.07 Å². The maximum atomic E-state index is 12.7. The number of carbonyl (C=O) groups is 3. The summed E-state index contributed by atoms with van der Waals surface area (Å²) in [5.74, 6) is 0.0316. The first kappa shape index (κ1) is 23.2. The van der Waals surface area contributed by atoms with Crippen molar-refractivity contribution in [1.29, 1.82) is 0 Å². The van der Waals surface area contributed by atoms with E-state index in [1.165, 1.54) is 19.2 Å². The summed E-state index contributed by atoms with van der Waals surface area (Å²) < 4.78 is 11.0. The van der Waals surface area contributed by atoms with Gasteiger partial charge in [-0.2, -0.15) is 0 Å². The van der Waals surface area contributed by atoms with Crippen LogP contribution < -0.4 is 9.47 Å². The Kier molecular flexibility index (Phi) is 6.77. The Balaban J connectivity index is 1.48. The summed E-state index contributed by atoms with van der Waals surface area (Å²) in [5.41, 5.74) is 0.419. The molecule has 34 heavy (non-hydrogen) atoms. The average Bonchev–Trinajstić information content (AvgIpc) is 3.45. The molecule has 1 aromatic heterocycles. The van der Waals surface area contributed by atoms with E-state index in [1.54, 1.807) is 29.2 Å². The molecule has 2 saturated heterocycles. The highest BCUT2D eigenvalue weighted by molar-refractivity contribution is 8.18. The first-order valence-electron chi connectivity index (χ1n) is 10.3. The van der Waals surface area contributed by atoms with Crippen molar-refractivity contribution in [1.82, 2.24) is 14.8 Å². The van der Waals surface area contributed by atoms with Crippen LogP contribution in [0.4, 0.5) is 10.5 Å². The van der Waals surface area contributed by atoms with Gasteiger partial charge in [-0.3, -0.25) is 29.4 Å². The Labute approximate surface area is 198 Å². The number of benzene rings is 1. The van der Waals surface area contributed by atoms with Crippen LogP contribution in [0.5, 0.6) is 17.4 Å². The molecule has 0 radical (unpaired) electrons. The molecule has 0 saturated carbocycles. The number of likely N-dealkylation sites (tertiary alicyclic amines) is 1. The predicted molar refractivity (Wildman–Crippen MR) is 122 cm³/mol. The largest absolute Gasteiger partial charge is 0.493 e. The van der Waals surface area contributed by atoms with Crippen molar-refractivity contribution in [2.45, 2.75) is 12.8 Å². The zero-order chi connectivity index (χ0) is 24.2. The van der Waals surface area contributed by atoms with E-state index in [4.69, 9.17) is 9.47 Å². The number of aromatic nitrogens is 1. The summed E-state index contributed by atoms with van der Waals surface area (Å²) in [5, 5.41) is 10.3. The molecule has 2 aliphatic heterocycles. The number of carbonyl (C=O) groups excluding carboxylic acids is 3. The van der Waals surface area contributed by atoms with E-state index in [-0.39, 0.29) is 28.9 Å². The molecule has 3 heterocycles. The highest BCUT2D eigenvalue weighted by atomic mass is 32.2. The molecule has 0 atom stereocenters. The number of hydrogen-bond donors (Lipinski definition) is 0. The van der Waals surface area contributed by atoms with Crippen molar-refractivity contribution in [2.24, 2.45) is 0 Å². The molecule has 1 aromatic carbocycles. The lowest BCUT2D eigenvalue weighted by molar-refractivity contribution is -0.385. The number of nitro groups is 1. The first-order valence-corrected chi connectivity index (χ1v) is 11.2. The fraction of sp³-hybridized carbons (Fsp3) is 0.273. The van der Waals surface area contributed by atoms with Crippen molar-refractivity contribution in [3.05, 3.63) is 57.1 Å². The normalized spacial score (nSPS) is 16.9. The quantitative estimate of drug-likeness (QED) is 0.329. The van der Waals surface area contributed by atoms with Crippen LogP contribution in [0, 0.1) is 10.1 Å². The lowest BCUT2D eigenvalue weighted by Gasteiger charge is -2.18. The second kappa shape index (κ2) is 9.91. The number of imide groups is 1. The van der Waals surface area contributed by atoms with Crippen molar-refractivity contribution in [3.63, 3.8) is 0 Å². The molecule has 2 aromatic rings. The van der Waals surface area contributed by atoms with E-state index in [1.807, 2.05) is 0 Å². The molecule has 176 valence electrons. The van der Waals surface area contributed by atoms with Gasteiger partial charge >= 0.3 is 0 Å². The topological polar surface area (TPSA) is 132 Å². The van der Waals surface area contributed by atoms with Crippen molar-refractivity contribution < 1.29 is 28.8 Å². The Morgan fingerprint density at radius 2 is 1.97 bits per heavy atom. The molecule has 4 rings (SSSR count). The minimum atomic E-state index is -0.559. The third-order valence-corrected chi connectivity index (χ3v) is 6.16. The second-order valence-corrected chi connectivity index (χ2v) is 8.47. The number of hydrogen-bond acceptors (Lipinski definition) is 9. The molecular weight excluding hydrogens is 464 g/mol. The lowest BCUT2D eigenvalue weighted by atomic mass is 10.2. The van der Waals surface area contributed by atoms with Gasteiger partial charge in [-0.15, -0.1) is 0 Å². The van der Waals surface area contributed by atoms with E-state index in [0.29, 0.717) is 30.2 Å². The SMILES string of the molecule is COc1cc(/C=C2\SC(=O)N(CC(=O)N3CCCC3)C2=O)ccc1Oc1ccc([N+](=O)[O-])cn1. The maximum Gasteiger partial charge on any atom is 0.294 e. The number of amides is 3. The van der Waals surface area contributed by atoms with Crippen LogP contribution >= 0.6 is 11.8 Å². The summed E-state index contributed by atoms with van der Waals surface area (Å²) in [6.07, 6.45) is 4.48. The molecule has 2 fully saturated rings. The van der Waals surface area contributed by atoms with Crippen LogP contribution in [0.15, 0.2) is 41.4 Å². The number of pyridine rings is 1. The molecule has 11 nitrogen and oxygen atoms in total. The Morgan fingerprint density at radius 3 is 2.62 bits per heavy atom. The van der Waals surface area contributed by atoms with Crippen molar-refractivity contribution >= 4 is 40.6 Å². The zero-order valence-electron chi connectivity index (χ0n) is 18.1. The lowest BCUT2D eigenvalue weighted by Crippen LogP contribution is -2.40. The highest BCUT2D eigenvalue weighted by Crippen LogP contribution is 2.36. The molecule has 0 bridgehead atoms. The standard InChI is InChI=1S/C22H20N4O7S/c1-32-17-10-14(4-6-16(17)33-19-7-5-15(12-23-19)26(30)31)11-18-21(28)25(22(29)34-18)13-20(27)24-8-2-3-9-24/h4-7,10-12H,2-3,8-9,13H2,1H3/b18-11-. The van der Waals surface area contributed by atoms with E-state index < -0.39 is 16.1 Å². The molecule has 0 N–H and O–H groups in total. The maximum absolute atomic E-state index is 12.7. The molecule has 0 spiro atoms. The van der Waals surface area contributed by atoms with E-state index in [2.05, 4.69) is 4.98 Å². The Bertz CT molecular complexity index is 1180. The van der Waals surface area contributed by atoms with Crippen LogP contribution in [0.2, 0.25) is 0 Å². The third kappa shape index (κ3) is 5.01. The van der Waals surface area contributed by atoms with Crippen LogP contribution in [0.25, 0.3) is 6.08 Å². The number of nitrogens with zero attached hydrogens (tertiary/aromatic N) is 4. The van der Waals surface area contributed by atoms with E-state index >= 15 is 0 Å². The highest BCUT2D eigenvalue weighted by Gasteiger charge is 2.37.